The molecule has 84 valence electrons. The van der Waals surface area contributed by atoms with Crippen molar-refractivity contribution in [3.8, 4) is 0 Å². The van der Waals surface area contributed by atoms with Crippen LogP contribution in [0.4, 0.5) is 11.7 Å². The lowest BCUT2D eigenvalue weighted by atomic mass is 10.0. The zero-order valence-corrected chi connectivity index (χ0v) is 8.93. The smallest absolute Gasteiger partial charge is 0.314 e. The number of nitrogens with two attached hydrogens (primary N) is 1. The van der Waals surface area contributed by atoms with Crippen LogP contribution in [0.5, 0.6) is 0 Å². The summed E-state index contributed by atoms with van der Waals surface area (Å²) in [5.41, 5.74) is 6.69. The van der Waals surface area contributed by atoms with Gasteiger partial charge < -0.3 is 10.2 Å². The summed E-state index contributed by atoms with van der Waals surface area (Å²) in [5.74, 6) is 0.182. The van der Waals surface area contributed by atoms with Crippen molar-refractivity contribution in [1.82, 2.24) is 4.98 Å². The minimum absolute atomic E-state index is 0.0565. The van der Waals surface area contributed by atoms with Gasteiger partial charge in [-0.25, -0.2) is 0 Å². The highest BCUT2D eigenvalue weighted by molar-refractivity contribution is 5.84. The zero-order chi connectivity index (χ0) is 11.9. The molecular weight excluding hydrogens is 210 g/mol. The van der Waals surface area contributed by atoms with E-state index in [4.69, 9.17) is 10.2 Å². The van der Waals surface area contributed by atoms with E-state index in [1.54, 1.807) is 6.07 Å². The first-order chi connectivity index (χ1) is 7.49. The molecule has 0 unspecified atom stereocenters. The molecule has 1 aromatic carbocycles. The van der Waals surface area contributed by atoms with E-state index >= 15 is 0 Å². The number of rotatable bonds is 2. The maximum atomic E-state index is 10.9. The van der Waals surface area contributed by atoms with Gasteiger partial charge >= 0.3 is 5.69 Å². The van der Waals surface area contributed by atoms with Crippen LogP contribution in [0.3, 0.4) is 0 Å². The Balaban J connectivity index is 2.78. The van der Waals surface area contributed by atoms with Crippen LogP contribution in [0, 0.1) is 10.1 Å². The molecule has 0 bridgehead atoms. The lowest BCUT2D eigenvalue weighted by Crippen LogP contribution is -1.93. The molecule has 2 N–H and O–H groups in total. The maximum absolute atomic E-state index is 10.9. The molecule has 0 saturated carbocycles. The molecule has 1 heterocycles. The third kappa shape index (κ3) is 1.58. The molecule has 0 saturated heterocycles. The summed E-state index contributed by atoms with van der Waals surface area (Å²) in [5, 5.41) is 10.9. The van der Waals surface area contributed by atoms with Crippen LogP contribution >= 0.6 is 0 Å². The van der Waals surface area contributed by atoms with E-state index in [0.29, 0.717) is 5.52 Å². The third-order valence-corrected chi connectivity index (χ3v) is 2.37. The number of aromatic nitrogens is 1. The number of nitrogen functional groups attached to an aromatic ring is 1. The molecule has 0 radical (unpaired) electrons. The average molecular weight is 221 g/mol. The van der Waals surface area contributed by atoms with Crippen molar-refractivity contribution in [2.45, 2.75) is 19.8 Å². The molecule has 0 amide bonds. The number of nitrogens with zero attached hydrogens (tertiary/aromatic N) is 2. The van der Waals surface area contributed by atoms with Crippen LogP contribution in [-0.2, 0) is 0 Å². The highest BCUT2D eigenvalue weighted by Gasteiger charge is 2.20. The Morgan fingerprint density at radius 2 is 2.19 bits per heavy atom. The van der Waals surface area contributed by atoms with Crippen molar-refractivity contribution < 1.29 is 9.34 Å². The van der Waals surface area contributed by atoms with Crippen LogP contribution in [0.2, 0.25) is 0 Å². The molecule has 0 fully saturated rings. The summed E-state index contributed by atoms with van der Waals surface area (Å²) < 4.78 is 5.02. The molecule has 16 heavy (non-hydrogen) atoms. The van der Waals surface area contributed by atoms with Crippen LogP contribution in [0.1, 0.15) is 25.3 Å². The highest BCUT2D eigenvalue weighted by Crippen LogP contribution is 2.31. The molecule has 0 spiro atoms. The van der Waals surface area contributed by atoms with Gasteiger partial charge in [-0.1, -0.05) is 13.8 Å². The van der Waals surface area contributed by atoms with Gasteiger partial charge in [0.1, 0.15) is 5.52 Å². The van der Waals surface area contributed by atoms with Gasteiger partial charge in [0, 0.05) is 6.07 Å². The first-order valence-electron chi connectivity index (χ1n) is 4.83. The molecule has 2 rings (SSSR count). The number of hydrogen-bond donors (Lipinski definition) is 1. The second kappa shape index (κ2) is 3.48. The van der Waals surface area contributed by atoms with Gasteiger partial charge in [-0.3, -0.25) is 10.1 Å². The highest BCUT2D eigenvalue weighted by atomic mass is 16.6. The molecule has 2 aromatic rings. The minimum atomic E-state index is -0.487. The molecule has 0 atom stereocenters. The third-order valence-electron chi connectivity index (χ3n) is 2.37. The first kappa shape index (κ1) is 10.4. The second-order valence-electron chi connectivity index (χ2n) is 3.85. The molecule has 6 nitrogen and oxygen atoms in total. The zero-order valence-electron chi connectivity index (χ0n) is 8.93. The summed E-state index contributed by atoms with van der Waals surface area (Å²) in [6.45, 7) is 3.91. The van der Waals surface area contributed by atoms with Gasteiger partial charge in [-0.15, -0.1) is 0 Å². The predicted octanol–water partition coefficient (Wildman–Crippen LogP) is 2.44. The van der Waals surface area contributed by atoms with Crippen molar-refractivity contribution in [3.05, 3.63) is 27.8 Å². The fraction of sp³-hybridized carbons (Fsp3) is 0.300. The number of fused-ring (bicyclic) bond motifs is 1. The van der Waals surface area contributed by atoms with Crippen LogP contribution < -0.4 is 5.73 Å². The molecule has 6 heteroatoms. The fourth-order valence-corrected chi connectivity index (χ4v) is 1.52. The number of benzene rings is 1. The quantitative estimate of drug-likeness (QED) is 0.620. The molecule has 1 aromatic heterocycles. The Morgan fingerprint density at radius 1 is 1.50 bits per heavy atom. The Hall–Kier alpha value is -2.11. The Bertz CT molecular complexity index is 560. The van der Waals surface area contributed by atoms with E-state index in [1.807, 2.05) is 13.8 Å². The summed E-state index contributed by atoms with van der Waals surface area (Å²) in [6, 6.07) is 3.20. The Labute approximate surface area is 91.2 Å². The van der Waals surface area contributed by atoms with Crippen molar-refractivity contribution in [1.29, 1.82) is 0 Å². The van der Waals surface area contributed by atoms with Gasteiger partial charge in [0.25, 0.3) is 6.01 Å². The second-order valence-corrected chi connectivity index (χ2v) is 3.85. The van der Waals surface area contributed by atoms with Crippen molar-refractivity contribution in [2.75, 3.05) is 5.73 Å². The summed E-state index contributed by atoms with van der Waals surface area (Å²) in [4.78, 5) is 14.3. The van der Waals surface area contributed by atoms with Crippen molar-refractivity contribution in [3.63, 3.8) is 0 Å². The van der Waals surface area contributed by atoms with E-state index < -0.39 is 4.92 Å². The fourth-order valence-electron chi connectivity index (χ4n) is 1.52. The van der Waals surface area contributed by atoms with E-state index in [-0.39, 0.29) is 23.2 Å². The molecule has 0 aliphatic heterocycles. The van der Waals surface area contributed by atoms with Gasteiger partial charge in [0.15, 0.2) is 0 Å². The minimum Gasteiger partial charge on any atom is -0.416 e. The van der Waals surface area contributed by atoms with Crippen LogP contribution in [0.25, 0.3) is 11.1 Å². The van der Waals surface area contributed by atoms with Gasteiger partial charge in [-0.2, -0.15) is 4.98 Å². The van der Waals surface area contributed by atoms with Crippen LogP contribution in [0.15, 0.2) is 16.5 Å². The summed E-state index contributed by atoms with van der Waals surface area (Å²) >= 11 is 0. The van der Waals surface area contributed by atoms with Gasteiger partial charge in [0.2, 0.25) is 5.58 Å². The number of nitro benzene ring substituents is 1. The van der Waals surface area contributed by atoms with Crippen LogP contribution in [-0.4, -0.2) is 9.91 Å². The van der Waals surface area contributed by atoms with E-state index in [0.717, 1.165) is 5.56 Å². The number of oxazole rings is 1. The first-order valence-corrected chi connectivity index (χ1v) is 4.83. The average Bonchev–Trinajstić information content (AvgIpc) is 2.55. The maximum Gasteiger partial charge on any atom is 0.314 e. The topological polar surface area (TPSA) is 95.2 Å². The predicted molar refractivity (Wildman–Crippen MR) is 59.2 cm³/mol. The number of hydrogen-bond acceptors (Lipinski definition) is 5. The van der Waals surface area contributed by atoms with Gasteiger partial charge in [0.05, 0.1) is 4.92 Å². The van der Waals surface area contributed by atoms with Gasteiger partial charge in [-0.05, 0) is 17.5 Å². The lowest BCUT2D eigenvalue weighted by molar-refractivity contribution is -0.383. The summed E-state index contributed by atoms with van der Waals surface area (Å²) in [7, 11) is 0. The van der Waals surface area contributed by atoms with Crippen molar-refractivity contribution >= 4 is 22.8 Å². The molecule has 0 aliphatic rings. The molecule has 0 aliphatic carbocycles. The SMILES string of the molecule is CC(C)c1cc([N+](=O)[O-])c2oc(N)nc2c1. The normalized spacial score (nSPS) is 11.2. The number of nitro groups is 1. The number of non-ortho nitro benzene ring substituents is 1. The lowest BCUT2D eigenvalue weighted by Gasteiger charge is -2.03. The van der Waals surface area contributed by atoms with E-state index in [1.165, 1.54) is 6.07 Å². The summed E-state index contributed by atoms with van der Waals surface area (Å²) in [6.07, 6.45) is 0. The standard InChI is InChI=1S/C10H11N3O3/c1-5(2)6-3-7-9(16-10(11)12-7)8(4-6)13(14)15/h3-5H,1-2H3,(H2,11,12). The van der Waals surface area contributed by atoms with Crippen molar-refractivity contribution in [2.24, 2.45) is 0 Å². The Morgan fingerprint density at radius 3 is 2.75 bits per heavy atom. The molecular formula is C10H11N3O3. The number of anilines is 1. The largest absolute Gasteiger partial charge is 0.416 e. The Kier molecular flexibility index (Phi) is 2.26. The van der Waals surface area contributed by atoms with E-state index in [9.17, 15) is 10.1 Å². The monoisotopic (exact) mass is 221 g/mol. The van der Waals surface area contributed by atoms with E-state index in [2.05, 4.69) is 4.98 Å².